The summed E-state index contributed by atoms with van der Waals surface area (Å²) < 4.78 is 51.9. The molecule has 0 amide bonds. The fraction of sp³-hybridized carbons (Fsp3) is 0.727. The van der Waals surface area contributed by atoms with Crippen molar-refractivity contribution in [1.82, 2.24) is 19.4 Å². The predicted molar refractivity (Wildman–Crippen MR) is 76.3 cm³/mol. The van der Waals surface area contributed by atoms with Crippen molar-refractivity contribution >= 4 is 22.4 Å². The molecule has 122 valence electrons. The van der Waals surface area contributed by atoms with Crippen molar-refractivity contribution in [3.05, 3.63) is 12.4 Å². The molecule has 0 radical (unpaired) electrons. The van der Waals surface area contributed by atoms with Gasteiger partial charge in [-0.1, -0.05) is 0 Å². The van der Waals surface area contributed by atoms with Gasteiger partial charge in [0.15, 0.2) is 0 Å². The summed E-state index contributed by atoms with van der Waals surface area (Å²) in [5.74, 6) is 0. The van der Waals surface area contributed by atoms with Gasteiger partial charge in [0.25, 0.3) is 6.43 Å². The first-order chi connectivity index (χ1) is 9.32. The summed E-state index contributed by atoms with van der Waals surface area (Å²) in [7, 11) is -3.69. The summed E-state index contributed by atoms with van der Waals surface area (Å²) in [5.41, 5.74) is 0. The van der Waals surface area contributed by atoms with Crippen molar-refractivity contribution in [2.45, 2.75) is 43.8 Å². The van der Waals surface area contributed by atoms with E-state index in [1.165, 1.54) is 4.31 Å². The van der Waals surface area contributed by atoms with Crippen molar-refractivity contribution in [1.29, 1.82) is 0 Å². The minimum atomic E-state index is -3.69. The largest absolute Gasteiger partial charge is 0.311 e. The lowest BCUT2D eigenvalue weighted by Crippen LogP contribution is -2.56. The van der Waals surface area contributed by atoms with Gasteiger partial charge in [-0.05, 0) is 13.8 Å². The molecule has 1 aromatic rings. The van der Waals surface area contributed by atoms with E-state index in [-0.39, 0.29) is 29.4 Å². The average Bonchev–Trinajstić information content (AvgIpc) is 2.80. The van der Waals surface area contributed by atoms with Gasteiger partial charge < -0.3 is 5.32 Å². The van der Waals surface area contributed by atoms with E-state index >= 15 is 0 Å². The average molecular weight is 345 g/mol. The molecule has 0 spiro atoms. The summed E-state index contributed by atoms with van der Waals surface area (Å²) >= 11 is 0. The SMILES string of the molecule is CC1NCCN(S(=O)(=O)c2cnn(CC(F)F)c2)C1C.Cl. The van der Waals surface area contributed by atoms with Crippen molar-refractivity contribution in [3.8, 4) is 0 Å². The van der Waals surface area contributed by atoms with Crippen LogP contribution in [0.1, 0.15) is 13.8 Å². The van der Waals surface area contributed by atoms with Crippen molar-refractivity contribution in [2.24, 2.45) is 0 Å². The molecular formula is C11H19ClF2N4O2S. The van der Waals surface area contributed by atoms with Crippen LogP contribution in [0.15, 0.2) is 17.3 Å². The van der Waals surface area contributed by atoms with Crippen LogP contribution >= 0.6 is 12.4 Å². The summed E-state index contributed by atoms with van der Waals surface area (Å²) in [5, 5.41) is 6.87. The van der Waals surface area contributed by atoms with Crippen LogP contribution in [-0.4, -0.2) is 54.1 Å². The summed E-state index contributed by atoms with van der Waals surface area (Å²) in [6.07, 6.45) is -0.290. The van der Waals surface area contributed by atoms with E-state index in [0.29, 0.717) is 13.1 Å². The molecule has 0 aliphatic carbocycles. The minimum absolute atomic E-state index is 0. The summed E-state index contributed by atoms with van der Waals surface area (Å²) in [6, 6.07) is -0.165. The molecule has 2 unspecified atom stereocenters. The molecule has 1 N–H and O–H groups in total. The molecule has 1 saturated heterocycles. The van der Waals surface area contributed by atoms with Gasteiger partial charge in [0.2, 0.25) is 10.0 Å². The molecule has 21 heavy (non-hydrogen) atoms. The maximum Gasteiger partial charge on any atom is 0.257 e. The smallest absolute Gasteiger partial charge is 0.257 e. The fourth-order valence-corrected chi connectivity index (χ4v) is 3.88. The molecule has 0 aromatic carbocycles. The van der Waals surface area contributed by atoms with Crippen molar-refractivity contribution in [3.63, 3.8) is 0 Å². The van der Waals surface area contributed by atoms with E-state index < -0.39 is 23.0 Å². The topological polar surface area (TPSA) is 67.2 Å². The van der Waals surface area contributed by atoms with Gasteiger partial charge in [0.05, 0.1) is 6.20 Å². The van der Waals surface area contributed by atoms with Crippen LogP contribution in [0, 0.1) is 0 Å². The van der Waals surface area contributed by atoms with Gasteiger partial charge >= 0.3 is 0 Å². The molecule has 2 heterocycles. The molecule has 1 aromatic heterocycles. The quantitative estimate of drug-likeness (QED) is 0.882. The van der Waals surface area contributed by atoms with Crippen LogP contribution in [0.25, 0.3) is 0 Å². The highest BCUT2D eigenvalue weighted by Crippen LogP contribution is 2.21. The predicted octanol–water partition coefficient (Wildman–Crippen LogP) is 0.941. The number of hydrogen-bond acceptors (Lipinski definition) is 4. The van der Waals surface area contributed by atoms with Crippen LogP contribution in [0.2, 0.25) is 0 Å². The second kappa shape index (κ2) is 6.99. The lowest BCUT2D eigenvalue weighted by Gasteiger charge is -2.37. The van der Waals surface area contributed by atoms with Gasteiger partial charge in [-0.2, -0.15) is 9.40 Å². The van der Waals surface area contributed by atoms with Crippen LogP contribution < -0.4 is 5.32 Å². The molecule has 1 aliphatic heterocycles. The Balaban J connectivity index is 0.00000220. The number of halogens is 3. The first kappa shape index (κ1) is 18.3. The van der Waals surface area contributed by atoms with Crippen LogP contribution in [-0.2, 0) is 16.6 Å². The van der Waals surface area contributed by atoms with E-state index in [0.717, 1.165) is 17.1 Å². The fourth-order valence-electron chi connectivity index (χ4n) is 2.22. The van der Waals surface area contributed by atoms with E-state index in [1.54, 1.807) is 0 Å². The number of hydrogen-bond donors (Lipinski definition) is 1. The zero-order chi connectivity index (χ0) is 14.9. The van der Waals surface area contributed by atoms with Crippen molar-refractivity contribution < 1.29 is 17.2 Å². The van der Waals surface area contributed by atoms with Crippen molar-refractivity contribution in [2.75, 3.05) is 13.1 Å². The normalized spacial score (nSPS) is 24.0. The molecule has 1 aliphatic rings. The Labute approximate surface area is 129 Å². The Morgan fingerprint density at radius 3 is 2.76 bits per heavy atom. The van der Waals surface area contributed by atoms with Crippen LogP contribution in [0.5, 0.6) is 0 Å². The first-order valence-corrected chi connectivity index (χ1v) is 7.82. The molecule has 2 atom stereocenters. The molecule has 2 rings (SSSR count). The third-order valence-electron chi connectivity index (χ3n) is 3.52. The number of nitrogens with one attached hydrogen (secondary N) is 1. The van der Waals surface area contributed by atoms with Crippen LogP contribution in [0.4, 0.5) is 8.78 Å². The molecule has 6 nitrogen and oxygen atoms in total. The highest BCUT2D eigenvalue weighted by molar-refractivity contribution is 7.89. The summed E-state index contributed by atoms with van der Waals surface area (Å²) in [4.78, 5) is -0.0425. The second-order valence-corrected chi connectivity index (χ2v) is 6.78. The minimum Gasteiger partial charge on any atom is -0.311 e. The van der Waals surface area contributed by atoms with E-state index in [2.05, 4.69) is 10.4 Å². The molecule has 1 fully saturated rings. The highest BCUT2D eigenvalue weighted by Gasteiger charge is 2.35. The third-order valence-corrected chi connectivity index (χ3v) is 5.46. The second-order valence-electron chi connectivity index (χ2n) is 4.89. The number of alkyl halides is 2. The van der Waals surface area contributed by atoms with E-state index in [4.69, 9.17) is 0 Å². The maximum atomic E-state index is 12.5. The standard InChI is InChI=1S/C11H18F2N4O2S.ClH/c1-8-9(2)17(4-3-14-8)20(18,19)10-5-15-16(6-10)7-11(12)13;/h5-6,8-9,11,14H,3-4,7H2,1-2H3;1H. The number of sulfonamides is 1. The molecule has 10 heteroatoms. The van der Waals surface area contributed by atoms with E-state index in [9.17, 15) is 17.2 Å². The molecule has 0 saturated carbocycles. The number of nitrogens with zero attached hydrogens (tertiary/aromatic N) is 3. The first-order valence-electron chi connectivity index (χ1n) is 6.38. The monoisotopic (exact) mass is 344 g/mol. The lowest BCUT2D eigenvalue weighted by atomic mass is 10.1. The summed E-state index contributed by atoms with van der Waals surface area (Å²) in [6.45, 7) is 4.04. The highest BCUT2D eigenvalue weighted by atomic mass is 35.5. The van der Waals surface area contributed by atoms with Crippen LogP contribution in [0.3, 0.4) is 0 Å². The number of rotatable bonds is 4. The Kier molecular flexibility index (Phi) is 6.09. The molecular weight excluding hydrogens is 326 g/mol. The zero-order valence-corrected chi connectivity index (χ0v) is 13.4. The van der Waals surface area contributed by atoms with Gasteiger partial charge in [0, 0.05) is 31.4 Å². The molecule has 0 bridgehead atoms. The van der Waals surface area contributed by atoms with Gasteiger partial charge in [-0.25, -0.2) is 17.2 Å². The Hall–Kier alpha value is -0.770. The van der Waals surface area contributed by atoms with Gasteiger partial charge in [0.1, 0.15) is 11.4 Å². The van der Waals surface area contributed by atoms with Gasteiger partial charge in [-0.3, -0.25) is 4.68 Å². The lowest BCUT2D eigenvalue weighted by molar-refractivity contribution is 0.121. The maximum absolute atomic E-state index is 12.5. The Morgan fingerprint density at radius 1 is 1.48 bits per heavy atom. The Morgan fingerprint density at radius 2 is 2.14 bits per heavy atom. The van der Waals surface area contributed by atoms with E-state index in [1.807, 2.05) is 13.8 Å². The third kappa shape index (κ3) is 3.91. The Bertz CT molecular complexity index is 566. The number of aromatic nitrogens is 2. The van der Waals surface area contributed by atoms with Gasteiger partial charge in [-0.15, -0.1) is 12.4 Å². The number of piperazine rings is 1. The zero-order valence-electron chi connectivity index (χ0n) is 11.7.